The fourth-order valence-electron chi connectivity index (χ4n) is 0.480. The second kappa shape index (κ2) is 7.16. The van der Waals surface area contributed by atoms with Crippen LogP contribution in [0.2, 0.25) is 0 Å². The van der Waals surface area contributed by atoms with E-state index in [1.54, 1.807) is 0 Å². The number of unbranched alkanes of at least 4 members (excludes halogenated alkanes) is 1. The van der Waals surface area contributed by atoms with Gasteiger partial charge in [-0.1, -0.05) is 13.3 Å². The Morgan fingerprint density at radius 2 is 2.25 bits per heavy atom. The van der Waals surface area contributed by atoms with Crippen molar-refractivity contribution in [3.05, 3.63) is 0 Å². The highest BCUT2D eigenvalue weighted by atomic mass is 31.1. The molecule has 1 atom stereocenters. The predicted octanol–water partition coefficient (Wildman–Crippen LogP) is 0.996. The molecule has 0 amide bonds. The Hall–Kier alpha value is -0.510. The lowest BCUT2D eigenvalue weighted by molar-refractivity contribution is -0.146. The van der Waals surface area contributed by atoms with E-state index >= 15 is 0 Å². The summed E-state index contributed by atoms with van der Waals surface area (Å²) in [6, 6.07) is 0. The molecule has 0 fully saturated rings. The lowest BCUT2D eigenvalue weighted by Gasteiger charge is -1.99. The third-order valence-electron chi connectivity index (χ3n) is 1.05. The van der Waals surface area contributed by atoms with Gasteiger partial charge in [0.05, 0.1) is 6.61 Å². The number of hydrogen-bond donors (Lipinski definition) is 1. The molecular weight excluding hydrogens is 183 g/mol. The first kappa shape index (κ1) is 11.5. The highest BCUT2D eigenvalue weighted by Gasteiger charge is 2.15. The molecule has 1 unspecified atom stereocenters. The number of carbonyl (C=O) groups is 1. The molecular formula is C6H12O5P+. The molecule has 0 saturated heterocycles. The first-order valence-corrected chi connectivity index (χ1v) is 4.74. The fourth-order valence-corrected chi connectivity index (χ4v) is 0.696. The first-order valence-electron chi connectivity index (χ1n) is 3.61. The van der Waals surface area contributed by atoms with Gasteiger partial charge in [0.15, 0.2) is 0 Å². The van der Waals surface area contributed by atoms with Gasteiger partial charge in [-0.15, -0.1) is 9.42 Å². The second-order valence-electron chi connectivity index (χ2n) is 2.09. The zero-order valence-corrected chi connectivity index (χ0v) is 7.75. The van der Waals surface area contributed by atoms with Crippen LogP contribution in [0.15, 0.2) is 0 Å². The van der Waals surface area contributed by atoms with Crippen LogP contribution in [0.25, 0.3) is 0 Å². The lowest BCUT2D eigenvalue weighted by atomic mass is 10.4. The number of ether oxygens (including phenoxy) is 1. The highest BCUT2D eigenvalue weighted by molar-refractivity contribution is 7.32. The van der Waals surface area contributed by atoms with Crippen LogP contribution in [-0.2, 0) is 18.6 Å². The summed E-state index contributed by atoms with van der Waals surface area (Å²) in [5, 5.41) is 0. The van der Waals surface area contributed by atoms with E-state index in [1.165, 1.54) is 0 Å². The van der Waals surface area contributed by atoms with Crippen molar-refractivity contribution in [3.63, 3.8) is 0 Å². The van der Waals surface area contributed by atoms with Crippen molar-refractivity contribution in [2.75, 3.05) is 13.2 Å². The van der Waals surface area contributed by atoms with Crippen LogP contribution in [0.4, 0.5) is 0 Å². The average molecular weight is 195 g/mol. The van der Waals surface area contributed by atoms with E-state index in [9.17, 15) is 9.36 Å². The van der Waals surface area contributed by atoms with E-state index in [0.29, 0.717) is 6.61 Å². The summed E-state index contributed by atoms with van der Waals surface area (Å²) in [4.78, 5) is 18.8. The minimum absolute atomic E-state index is 0.334. The Bertz CT molecular complexity index is 158. The average Bonchev–Trinajstić information content (AvgIpc) is 2.01. The Balaban J connectivity index is 3.28. The van der Waals surface area contributed by atoms with Gasteiger partial charge in [0.2, 0.25) is 6.61 Å². The molecule has 0 radical (unpaired) electrons. The smallest absolute Gasteiger partial charge is 0.464 e. The van der Waals surface area contributed by atoms with E-state index in [-0.39, 0.29) is 0 Å². The van der Waals surface area contributed by atoms with Crippen molar-refractivity contribution < 1.29 is 23.5 Å². The maximum absolute atomic E-state index is 10.6. The van der Waals surface area contributed by atoms with Gasteiger partial charge in [-0.25, -0.2) is 4.79 Å². The quantitative estimate of drug-likeness (QED) is 0.388. The van der Waals surface area contributed by atoms with Crippen LogP contribution in [0.3, 0.4) is 0 Å². The van der Waals surface area contributed by atoms with Crippen molar-refractivity contribution in [1.82, 2.24) is 0 Å². The molecule has 0 aliphatic rings. The molecule has 0 spiro atoms. The summed E-state index contributed by atoms with van der Waals surface area (Å²) in [6.45, 7) is 1.84. The summed E-state index contributed by atoms with van der Waals surface area (Å²) in [5.41, 5.74) is 0. The van der Waals surface area contributed by atoms with Gasteiger partial charge in [0.25, 0.3) is 0 Å². The van der Waals surface area contributed by atoms with Crippen molar-refractivity contribution >= 4 is 14.2 Å². The lowest BCUT2D eigenvalue weighted by Crippen LogP contribution is -2.11. The van der Waals surface area contributed by atoms with Gasteiger partial charge in [-0.2, -0.15) is 0 Å². The second-order valence-corrected chi connectivity index (χ2v) is 2.82. The molecule has 0 aromatic carbocycles. The van der Waals surface area contributed by atoms with E-state index in [1.807, 2.05) is 6.92 Å². The zero-order chi connectivity index (χ0) is 9.40. The summed E-state index contributed by atoms with van der Waals surface area (Å²) >= 11 is 0. The maximum atomic E-state index is 10.6. The molecule has 0 saturated carbocycles. The minimum atomic E-state index is -2.70. The van der Waals surface area contributed by atoms with Crippen LogP contribution < -0.4 is 0 Å². The molecule has 1 N–H and O–H groups in total. The van der Waals surface area contributed by atoms with E-state index in [2.05, 4.69) is 9.26 Å². The van der Waals surface area contributed by atoms with Crippen LogP contribution >= 0.6 is 8.25 Å². The molecule has 12 heavy (non-hydrogen) atoms. The van der Waals surface area contributed by atoms with Gasteiger partial charge in [-0.3, -0.25) is 0 Å². The Morgan fingerprint density at radius 1 is 1.58 bits per heavy atom. The molecule has 5 nitrogen and oxygen atoms in total. The van der Waals surface area contributed by atoms with Crippen molar-refractivity contribution in [1.29, 1.82) is 0 Å². The van der Waals surface area contributed by atoms with E-state index < -0.39 is 20.8 Å². The Labute approximate surface area is 71.6 Å². The SMILES string of the molecule is CCCCOC(=O)CO[P+](=O)O. The standard InChI is InChI=1S/C6H11O5P/c1-2-3-4-10-6(7)5-11-12(8)9/h2-5H2,1H3/p+1. The number of hydrogen-bond acceptors (Lipinski definition) is 4. The van der Waals surface area contributed by atoms with Crippen LogP contribution in [-0.4, -0.2) is 24.1 Å². The molecule has 0 aromatic heterocycles. The fraction of sp³-hybridized carbons (Fsp3) is 0.833. The third kappa shape index (κ3) is 7.60. The van der Waals surface area contributed by atoms with E-state index in [4.69, 9.17) is 4.89 Å². The molecule has 0 aromatic rings. The first-order chi connectivity index (χ1) is 5.66. The van der Waals surface area contributed by atoms with Crippen molar-refractivity contribution in [3.8, 4) is 0 Å². The molecule has 0 rings (SSSR count). The highest BCUT2D eigenvalue weighted by Crippen LogP contribution is 2.13. The van der Waals surface area contributed by atoms with Crippen LogP contribution in [0, 0.1) is 0 Å². The topological polar surface area (TPSA) is 72.8 Å². The Morgan fingerprint density at radius 3 is 2.75 bits per heavy atom. The molecule has 6 heteroatoms. The molecule has 0 aliphatic heterocycles. The van der Waals surface area contributed by atoms with Gasteiger partial charge < -0.3 is 4.74 Å². The Kier molecular flexibility index (Phi) is 6.85. The maximum Gasteiger partial charge on any atom is 0.695 e. The molecule has 0 aliphatic carbocycles. The summed E-state index contributed by atoms with van der Waals surface area (Å²) in [5.74, 6) is -0.610. The van der Waals surface area contributed by atoms with Crippen LogP contribution in [0.5, 0.6) is 0 Å². The summed E-state index contributed by atoms with van der Waals surface area (Å²) in [6.07, 6.45) is 1.72. The number of carbonyl (C=O) groups excluding carboxylic acids is 1. The van der Waals surface area contributed by atoms with Gasteiger partial charge in [0.1, 0.15) is 0 Å². The zero-order valence-electron chi connectivity index (χ0n) is 6.86. The van der Waals surface area contributed by atoms with Gasteiger partial charge in [-0.05, 0) is 6.42 Å². The number of rotatable bonds is 6. The van der Waals surface area contributed by atoms with Crippen LogP contribution in [0.1, 0.15) is 19.8 Å². The van der Waals surface area contributed by atoms with Crippen molar-refractivity contribution in [2.24, 2.45) is 0 Å². The monoisotopic (exact) mass is 195 g/mol. The molecule has 0 bridgehead atoms. The summed E-state index contributed by atoms with van der Waals surface area (Å²) in [7, 11) is -2.70. The predicted molar refractivity (Wildman–Crippen MR) is 41.6 cm³/mol. The number of esters is 1. The third-order valence-corrected chi connectivity index (χ3v) is 1.40. The normalized spacial score (nSPS) is 11.0. The summed E-state index contributed by atoms with van der Waals surface area (Å²) < 4.78 is 18.7. The largest absolute Gasteiger partial charge is 0.695 e. The molecule has 0 heterocycles. The minimum Gasteiger partial charge on any atom is -0.464 e. The van der Waals surface area contributed by atoms with Crippen molar-refractivity contribution in [2.45, 2.75) is 19.8 Å². The molecule has 70 valence electrons. The van der Waals surface area contributed by atoms with E-state index in [0.717, 1.165) is 12.8 Å². The van der Waals surface area contributed by atoms with Gasteiger partial charge in [0, 0.05) is 4.57 Å². The van der Waals surface area contributed by atoms with Gasteiger partial charge >= 0.3 is 14.2 Å².